The Hall–Kier alpha value is -3.97. The molecule has 3 N–H and O–H groups in total. The van der Waals surface area contributed by atoms with Gasteiger partial charge in [-0.15, -0.1) is 13.2 Å². The molecule has 0 unspecified atom stereocenters. The molecule has 1 saturated heterocycles. The fourth-order valence-electron chi connectivity index (χ4n) is 5.02. The highest BCUT2D eigenvalue weighted by Crippen LogP contribution is 2.57. The van der Waals surface area contributed by atoms with Gasteiger partial charge >= 0.3 is 12.5 Å². The first-order valence-corrected chi connectivity index (χ1v) is 11.7. The Morgan fingerprint density at radius 1 is 1.32 bits per heavy atom. The molecule has 3 aliphatic carbocycles. The number of carbonyl (C=O) groups excluding carboxylic acids is 1. The first-order valence-electron chi connectivity index (χ1n) is 11.7. The number of H-pyrrole nitrogens is 1. The summed E-state index contributed by atoms with van der Waals surface area (Å²) in [4.78, 5) is 20.3. The number of hydrogen-bond donors (Lipinski definition) is 3. The van der Waals surface area contributed by atoms with Crippen molar-refractivity contribution in [2.24, 2.45) is 5.92 Å². The van der Waals surface area contributed by atoms with Crippen LogP contribution in [0.2, 0.25) is 0 Å². The van der Waals surface area contributed by atoms with Crippen LogP contribution in [0.25, 0.3) is 5.65 Å². The Morgan fingerprint density at radius 3 is 2.79 bits per heavy atom. The van der Waals surface area contributed by atoms with E-state index in [1.165, 1.54) is 22.7 Å². The average molecular weight is 536 g/mol. The van der Waals surface area contributed by atoms with E-state index in [0.717, 1.165) is 19.3 Å². The largest absolute Gasteiger partial charge is 0.522 e. The molecular weight excluding hydrogens is 516 g/mol. The average Bonchev–Trinajstić information content (AvgIpc) is 3.53. The van der Waals surface area contributed by atoms with Gasteiger partial charge in [0.2, 0.25) is 5.95 Å². The lowest BCUT2D eigenvalue weighted by atomic mass is 9.50. The maximum absolute atomic E-state index is 15.1. The zero-order valence-electron chi connectivity index (χ0n) is 19.5. The predicted octanol–water partition coefficient (Wildman–Crippen LogP) is 3.16. The van der Waals surface area contributed by atoms with Crippen molar-refractivity contribution in [1.29, 1.82) is 5.26 Å². The third kappa shape index (κ3) is 4.58. The molecule has 0 radical (unpaired) electrons. The summed E-state index contributed by atoms with van der Waals surface area (Å²) in [5, 5.41) is 21.6. The second-order valence-electron chi connectivity index (χ2n) is 9.63. The summed E-state index contributed by atoms with van der Waals surface area (Å²) >= 11 is 0. The van der Waals surface area contributed by atoms with Crippen molar-refractivity contribution in [1.82, 2.24) is 29.9 Å². The summed E-state index contributed by atoms with van der Waals surface area (Å²) in [6.07, 6.45) is -5.28. The van der Waals surface area contributed by atoms with Crippen LogP contribution in [0.1, 0.15) is 42.4 Å². The van der Waals surface area contributed by atoms with Crippen molar-refractivity contribution < 1.29 is 36.6 Å². The number of imidazole rings is 1. The molecule has 3 saturated carbocycles. The Kier molecular flexibility index (Phi) is 5.65. The van der Waals surface area contributed by atoms with E-state index >= 15 is 4.39 Å². The number of halogens is 4. The molecule has 4 fully saturated rings. The number of hydrogen-bond acceptors (Lipinski definition) is 9. The second kappa shape index (κ2) is 8.81. The molecular formula is C22H20F4N8O4. The number of rotatable bonds is 7. The second-order valence-corrected chi connectivity index (χ2v) is 9.63. The van der Waals surface area contributed by atoms with Gasteiger partial charge in [0.25, 0.3) is 0 Å². The van der Waals surface area contributed by atoms with Crippen molar-refractivity contribution in [2.45, 2.75) is 56.2 Å². The number of ether oxygens (including phenoxy) is 3. The van der Waals surface area contributed by atoms with Crippen molar-refractivity contribution in [3.8, 4) is 6.07 Å². The van der Waals surface area contributed by atoms with Crippen LogP contribution in [0.3, 0.4) is 0 Å². The highest BCUT2D eigenvalue weighted by Gasteiger charge is 2.58. The number of amides is 1. The Bertz CT molecular complexity index is 1420. The van der Waals surface area contributed by atoms with Gasteiger partial charge in [0, 0.05) is 23.9 Å². The molecule has 3 aromatic heterocycles. The van der Waals surface area contributed by atoms with Crippen molar-refractivity contribution in [3.63, 3.8) is 0 Å². The van der Waals surface area contributed by atoms with E-state index in [4.69, 9.17) is 9.47 Å². The van der Waals surface area contributed by atoms with Crippen LogP contribution in [-0.2, 0) is 20.8 Å². The van der Waals surface area contributed by atoms with Crippen LogP contribution in [0.5, 0.6) is 0 Å². The molecule has 4 heterocycles. The number of carbonyl (C=O) groups is 1. The first-order chi connectivity index (χ1) is 18.1. The van der Waals surface area contributed by atoms with E-state index < -0.39 is 37.4 Å². The van der Waals surface area contributed by atoms with E-state index in [1.54, 1.807) is 0 Å². The van der Waals surface area contributed by atoms with Gasteiger partial charge in [0.15, 0.2) is 18.1 Å². The SMILES string of the molecule is N#Cc1cc2nc(COC(F)(F)F)cn2c(Nc2cc([C@@H]3OC[C@H](OC(=O)NC45CC(C4)C5)[C@H]3F)[nH]n2)n1. The smallest absolute Gasteiger partial charge is 0.441 e. The molecule has 12 nitrogen and oxygen atoms in total. The summed E-state index contributed by atoms with van der Waals surface area (Å²) in [6, 6.07) is 4.59. The quantitative estimate of drug-likeness (QED) is 0.387. The first kappa shape index (κ1) is 24.4. The molecule has 38 heavy (non-hydrogen) atoms. The topological polar surface area (TPSA) is 151 Å². The van der Waals surface area contributed by atoms with E-state index in [-0.39, 0.29) is 46.6 Å². The minimum absolute atomic E-state index is 0.0264. The highest BCUT2D eigenvalue weighted by atomic mass is 19.4. The molecule has 16 heteroatoms. The van der Waals surface area contributed by atoms with E-state index in [2.05, 4.69) is 35.5 Å². The molecule has 0 aromatic carbocycles. The third-order valence-electron chi connectivity index (χ3n) is 6.89. The number of alkyl halides is 4. The summed E-state index contributed by atoms with van der Waals surface area (Å²) in [7, 11) is 0. The Labute approximate surface area is 211 Å². The lowest BCUT2D eigenvalue weighted by Gasteiger charge is -2.61. The van der Waals surface area contributed by atoms with Crippen LogP contribution in [0.4, 0.5) is 34.1 Å². The zero-order valence-corrected chi connectivity index (χ0v) is 19.5. The van der Waals surface area contributed by atoms with Crippen LogP contribution >= 0.6 is 0 Å². The predicted molar refractivity (Wildman–Crippen MR) is 117 cm³/mol. The third-order valence-corrected chi connectivity index (χ3v) is 6.89. The van der Waals surface area contributed by atoms with Crippen LogP contribution in [-0.4, -0.2) is 61.4 Å². The summed E-state index contributed by atoms with van der Waals surface area (Å²) in [5.74, 6) is 0.852. The van der Waals surface area contributed by atoms with Crippen molar-refractivity contribution in [2.75, 3.05) is 11.9 Å². The van der Waals surface area contributed by atoms with E-state index in [0.29, 0.717) is 5.92 Å². The summed E-state index contributed by atoms with van der Waals surface area (Å²) in [5.41, 5.74) is 0.109. The molecule has 1 aliphatic heterocycles. The van der Waals surface area contributed by atoms with Gasteiger partial charge < -0.3 is 20.1 Å². The molecule has 7 rings (SSSR count). The Morgan fingerprint density at radius 2 is 2.11 bits per heavy atom. The van der Waals surface area contributed by atoms with Crippen LogP contribution < -0.4 is 10.6 Å². The molecule has 3 aromatic rings. The molecule has 2 bridgehead atoms. The highest BCUT2D eigenvalue weighted by molar-refractivity contribution is 5.69. The summed E-state index contributed by atoms with van der Waals surface area (Å²) < 4.78 is 68.2. The van der Waals surface area contributed by atoms with Gasteiger partial charge in [0.05, 0.1) is 24.6 Å². The molecule has 200 valence electrons. The number of fused-ring (bicyclic) bond motifs is 1. The Balaban J connectivity index is 1.13. The molecule has 4 aliphatic rings. The standard InChI is InChI=1S/C22H20F4N8O4/c23-17-14(38-20(35)31-21-3-10(4-21)5-21)9-36-18(17)13-2-15(33-32-13)30-19-29-11(6-27)1-16-28-12(7-34(16)19)8-37-22(24,25)26/h1-2,7,10,14,17-18H,3-5,8-9H2,(H,31,35)(H2,29,30,32,33)/t10?,14-,17+,18-,21?/m0/s1. The monoisotopic (exact) mass is 536 g/mol. The van der Waals surface area contributed by atoms with Crippen LogP contribution in [0, 0.1) is 17.2 Å². The molecule has 3 atom stereocenters. The van der Waals surface area contributed by atoms with Crippen LogP contribution in [0.15, 0.2) is 18.3 Å². The van der Waals surface area contributed by atoms with Gasteiger partial charge in [-0.05, 0) is 25.2 Å². The molecule has 1 amide bonds. The maximum Gasteiger partial charge on any atom is 0.522 e. The lowest BCUT2D eigenvalue weighted by Crippen LogP contribution is -2.68. The number of aromatic amines is 1. The number of nitrogens with one attached hydrogen (secondary N) is 3. The van der Waals surface area contributed by atoms with Gasteiger partial charge in [0.1, 0.15) is 23.5 Å². The zero-order chi connectivity index (χ0) is 26.7. The fraction of sp³-hybridized carbons (Fsp3) is 0.500. The van der Waals surface area contributed by atoms with Crippen molar-refractivity contribution in [3.05, 3.63) is 35.4 Å². The normalized spacial score (nSPS) is 27.9. The fourth-order valence-corrected chi connectivity index (χ4v) is 5.02. The maximum atomic E-state index is 15.1. The van der Waals surface area contributed by atoms with Crippen molar-refractivity contribution >= 4 is 23.5 Å². The number of nitrogens with zero attached hydrogens (tertiary/aromatic N) is 5. The lowest BCUT2D eigenvalue weighted by molar-refractivity contribution is -0.330. The van der Waals surface area contributed by atoms with E-state index in [9.17, 15) is 23.2 Å². The number of alkyl carbamates (subject to hydrolysis) is 1. The minimum atomic E-state index is -4.83. The van der Waals surface area contributed by atoms with Gasteiger partial charge in [-0.2, -0.15) is 10.4 Å². The van der Waals surface area contributed by atoms with Gasteiger partial charge in [-0.3, -0.25) is 14.2 Å². The number of nitriles is 1. The summed E-state index contributed by atoms with van der Waals surface area (Å²) in [6.45, 7) is -0.973. The number of anilines is 2. The van der Waals surface area contributed by atoms with E-state index in [1.807, 2.05) is 6.07 Å². The van der Waals surface area contributed by atoms with Gasteiger partial charge in [-0.1, -0.05) is 0 Å². The number of aromatic nitrogens is 5. The molecule has 0 spiro atoms. The minimum Gasteiger partial charge on any atom is -0.441 e. The van der Waals surface area contributed by atoms with Gasteiger partial charge in [-0.25, -0.2) is 19.2 Å².